The van der Waals surface area contributed by atoms with Crippen molar-refractivity contribution >= 4 is 29.9 Å². The molecule has 1 fully saturated rings. The maximum Gasteiger partial charge on any atom is 0.191 e. The van der Waals surface area contributed by atoms with Gasteiger partial charge in [-0.3, -0.25) is 4.99 Å². The summed E-state index contributed by atoms with van der Waals surface area (Å²) in [5, 5.41) is 11.0. The Balaban J connectivity index is 0.00000288. The number of nitrogens with one attached hydrogen (secondary N) is 2. The predicted molar refractivity (Wildman–Crippen MR) is 110 cm³/mol. The quantitative estimate of drug-likeness (QED) is 0.384. The van der Waals surface area contributed by atoms with Crippen LogP contribution < -0.4 is 10.6 Å². The van der Waals surface area contributed by atoms with Crippen molar-refractivity contribution in [2.45, 2.75) is 77.8 Å². The molecule has 0 bridgehead atoms. The van der Waals surface area contributed by atoms with E-state index in [9.17, 15) is 0 Å². The van der Waals surface area contributed by atoms with Gasteiger partial charge in [0.25, 0.3) is 0 Å². The van der Waals surface area contributed by atoms with E-state index in [0.29, 0.717) is 18.5 Å². The monoisotopic (exact) mass is 448 g/mol. The fourth-order valence-corrected chi connectivity index (χ4v) is 3.25. The highest BCUT2D eigenvalue weighted by molar-refractivity contribution is 14.0. The largest absolute Gasteiger partial charge is 0.359 e. The van der Waals surface area contributed by atoms with Gasteiger partial charge in [-0.2, -0.15) is 0 Å². The standard InChI is InChI=1S/C18H32N4O.HI/c1-5-6-14-7-9-15(10-8-14)21-18(19-4)20-12-16-11-17(13(2)3)22-23-16;/h11,13-15H,5-10,12H2,1-4H3,(H2,19,20,21);1H. The molecule has 0 radical (unpaired) electrons. The predicted octanol–water partition coefficient (Wildman–Crippen LogP) is 4.44. The van der Waals surface area contributed by atoms with E-state index < -0.39 is 0 Å². The topological polar surface area (TPSA) is 62.5 Å². The molecule has 1 saturated carbocycles. The minimum absolute atomic E-state index is 0. The highest BCUT2D eigenvalue weighted by atomic mass is 127. The minimum atomic E-state index is 0. The average molecular weight is 448 g/mol. The highest BCUT2D eigenvalue weighted by Gasteiger charge is 2.21. The summed E-state index contributed by atoms with van der Waals surface area (Å²) in [6, 6.07) is 2.55. The number of rotatable bonds is 6. The second-order valence-corrected chi connectivity index (χ2v) is 6.95. The lowest BCUT2D eigenvalue weighted by Crippen LogP contribution is -2.44. The van der Waals surface area contributed by atoms with Crippen LogP contribution in [0.25, 0.3) is 0 Å². The number of guanidine groups is 1. The fraction of sp³-hybridized carbons (Fsp3) is 0.778. The van der Waals surface area contributed by atoms with Gasteiger partial charge in [0.05, 0.1) is 12.2 Å². The maximum absolute atomic E-state index is 5.36. The zero-order valence-electron chi connectivity index (χ0n) is 15.5. The first-order chi connectivity index (χ1) is 11.1. The normalized spacial score (nSPS) is 21.5. The summed E-state index contributed by atoms with van der Waals surface area (Å²) in [6.45, 7) is 7.13. The lowest BCUT2D eigenvalue weighted by molar-refractivity contribution is 0.294. The van der Waals surface area contributed by atoms with Crippen molar-refractivity contribution in [2.24, 2.45) is 10.9 Å². The summed E-state index contributed by atoms with van der Waals surface area (Å²) in [6.07, 6.45) is 7.84. The third-order valence-electron chi connectivity index (χ3n) is 4.71. The van der Waals surface area contributed by atoms with Crippen LogP contribution in [0, 0.1) is 5.92 Å². The highest BCUT2D eigenvalue weighted by Crippen LogP contribution is 2.27. The molecule has 1 aromatic heterocycles. The first-order valence-corrected chi connectivity index (χ1v) is 9.05. The van der Waals surface area contributed by atoms with Crippen LogP contribution in [-0.2, 0) is 6.54 Å². The summed E-state index contributed by atoms with van der Waals surface area (Å²) >= 11 is 0. The molecule has 6 heteroatoms. The van der Waals surface area contributed by atoms with E-state index in [4.69, 9.17) is 4.52 Å². The molecule has 0 unspecified atom stereocenters. The Hall–Kier alpha value is -0.790. The van der Waals surface area contributed by atoms with Gasteiger partial charge in [-0.05, 0) is 37.5 Å². The molecule has 1 aliphatic carbocycles. The van der Waals surface area contributed by atoms with Gasteiger partial charge in [-0.1, -0.05) is 38.8 Å². The van der Waals surface area contributed by atoms with Crippen LogP contribution in [0.1, 0.15) is 76.7 Å². The summed E-state index contributed by atoms with van der Waals surface area (Å²) in [5.41, 5.74) is 0.999. The summed E-state index contributed by atoms with van der Waals surface area (Å²) in [5.74, 6) is 3.02. The molecule has 1 aromatic rings. The van der Waals surface area contributed by atoms with E-state index in [1.165, 1.54) is 38.5 Å². The Morgan fingerprint density at radius 2 is 2.04 bits per heavy atom. The minimum Gasteiger partial charge on any atom is -0.359 e. The number of nitrogens with zero attached hydrogens (tertiary/aromatic N) is 2. The van der Waals surface area contributed by atoms with Gasteiger partial charge in [-0.15, -0.1) is 24.0 Å². The van der Waals surface area contributed by atoms with Crippen molar-refractivity contribution in [3.8, 4) is 0 Å². The second kappa shape index (κ2) is 10.9. The van der Waals surface area contributed by atoms with Crippen molar-refractivity contribution in [1.29, 1.82) is 0 Å². The van der Waals surface area contributed by atoms with E-state index in [1.807, 2.05) is 13.1 Å². The number of aromatic nitrogens is 1. The Labute approximate surface area is 163 Å². The Morgan fingerprint density at radius 3 is 2.58 bits per heavy atom. The first-order valence-electron chi connectivity index (χ1n) is 9.05. The van der Waals surface area contributed by atoms with Gasteiger partial charge in [-0.25, -0.2) is 0 Å². The van der Waals surface area contributed by atoms with E-state index in [1.54, 1.807) is 0 Å². The van der Waals surface area contributed by atoms with Crippen molar-refractivity contribution in [1.82, 2.24) is 15.8 Å². The Bertz CT molecular complexity index is 493. The molecule has 2 rings (SSSR count). The van der Waals surface area contributed by atoms with Gasteiger partial charge in [0.15, 0.2) is 11.7 Å². The molecule has 0 aliphatic heterocycles. The van der Waals surface area contributed by atoms with Crippen LogP contribution in [-0.4, -0.2) is 24.2 Å². The van der Waals surface area contributed by atoms with Crippen molar-refractivity contribution in [3.63, 3.8) is 0 Å². The van der Waals surface area contributed by atoms with E-state index in [2.05, 4.69) is 41.6 Å². The van der Waals surface area contributed by atoms with Crippen LogP contribution in [0.3, 0.4) is 0 Å². The molecule has 0 spiro atoms. The first kappa shape index (κ1) is 21.3. The molecular formula is C18H33IN4O. The molecule has 0 atom stereocenters. The Kier molecular flexibility index (Phi) is 9.69. The Morgan fingerprint density at radius 1 is 1.33 bits per heavy atom. The van der Waals surface area contributed by atoms with E-state index in [0.717, 1.165) is 23.3 Å². The summed E-state index contributed by atoms with van der Waals surface area (Å²) in [7, 11) is 1.82. The molecule has 1 heterocycles. The van der Waals surface area contributed by atoms with Crippen LogP contribution in [0.4, 0.5) is 0 Å². The van der Waals surface area contributed by atoms with Gasteiger partial charge in [0.2, 0.25) is 0 Å². The molecule has 1 aliphatic rings. The van der Waals surface area contributed by atoms with Gasteiger partial charge < -0.3 is 15.2 Å². The third-order valence-corrected chi connectivity index (χ3v) is 4.71. The maximum atomic E-state index is 5.36. The van der Waals surface area contributed by atoms with Crippen LogP contribution >= 0.6 is 24.0 Å². The summed E-state index contributed by atoms with van der Waals surface area (Å²) < 4.78 is 5.36. The lowest BCUT2D eigenvalue weighted by Gasteiger charge is -2.30. The second-order valence-electron chi connectivity index (χ2n) is 6.95. The van der Waals surface area contributed by atoms with Gasteiger partial charge >= 0.3 is 0 Å². The molecular weight excluding hydrogens is 415 g/mol. The lowest BCUT2D eigenvalue weighted by atomic mass is 9.83. The molecule has 5 nitrogen and oxygen atoms in total. The molecule has 138 valence electrons. The van der Waals surface area contributed by atoms with Crippen molar-refractivity contribution in [3.05, 3.63) is 17.5 Å². The molecule has 2 N–H and O–H groups in total. The average Bonchev–Trinajstić information content (AvgIpc) is 3.02. The SMILES string of the molecule is CCCC1CCC(NC(=NC)NCc2cc(C(C)C)no2)CC1.I. The van der Waals surface area contributed by atoms with Crippen molar-refractivity contribution in [2.75, 3.05) is 7.05 Å². The number of hydrogen-bond acceptors (Lipinski definition) is 3. The summed E-state index contributed by atoms with van der Waals surface area (Å²) in [4.78, 5) is 4.33. The van der Waals surface area contributed by atoms with Crippen molar-refractivity contribution < 1.29 is 4.52 Å². The smallest absolute Gasteiger partial charge is 0.191 e. The van der Waals surface area contributed by atoms with Crippen LogP contribution in [0.5, 0.6) is 0 Å². The number of aliphatic imine (C=N–C) groups is 1. The van der Waals surface area contributed by atoms with Gasteiger partial charge in [0, 0.05) is 19.2 Å². The zero-order valence-corrected chi connectivity index (χ0v) is 17.8. The number of halogens is 1. The fourth-order valence-electron chi connectivity index (χ4n) is 3.25. The molecule has 24 heavy (non-hydrogen) atoms. The molecule has 0 saturated heterocycles. The van der Waals surface area contributed by atoms with Crippen LogP contribution in [0.2, 0.25) is 0 Å². The van der Waals surface area contributed by atoms with Crippen LogP contribution in [0.15, 0.2) is 15.6 Å². The number of hydrogen-bond donors (Lipinski definition) is 2. The van der Waals surface area contributed by atoms with Gasteiger partial charge in [0.1, 0.15) is 0 Å². The van der Waals surface area contributed by atoms with E-state index >= 15 is 0 Å². The molecule has 0 aromatic carbocycles. The van der Waals surface area contributed by atoms with E-state index in [-0.39, 0.29) is 24.0 Å². The molecule has 0 amide bonds. The third kappa shape index (κ3) is 6.61. The zero-order chi connectivity index (χ0) is 16.7.